The van der Waals surface area contributed by atoms with Crippen molar-refractivity contribution in [3.8, 4) is 0 Å². The molecule has 2 fully saturated rings. The van der Waals surface area contributed by atoms with Crippen LogP contribution in [0.3, 0.4) is 0 Å². The smallest absolute Gasteiger partial charge is 0.253 e. The summed E-state index contributed by atoms with van der Waals surface area (Å²) in [5.41, 5.74) is 0.0242. The first-order valence-corrected chi connectivity index (χ1v) is 11.7. The summed E-state index contributed by atoms with van der Waals surface area (Å²) in [6, 6.07) is 6.21. The van der Waals surface area contributed by atoms with Crippen LogP contribution in [0.4, 0.5) is 14.5 Å². The fraction of sp³-hybridized carbons (Fsp3) is 0.294. The van der Waals surface area contributed by atoms with Crippen molar-refractivity contribution in [1.29, 1.82) is 0 Å². The van der Waals surface area contributed by atoms with E-state index >= 15 is 0 Å². The number of fused-ring (bicyclic) bond motifs is 1. The first-order chi connectivity index (χ1) is 12.8. The fourth-order valence-electron chi connectivity index (χ4n) is 3.23. The molecule has 0 bridgehead atoms. The second-order valence-corrected chi connectivity index (χ2v) is 10.7. The summed E-state index contributed by atoms with van der Waals surface area (Å²) in [4.78, 5) is 18.7. The maximum Gasteiger partial charge on any atom is 0.253 e. The van der Waals surface area contributed by atoms with Gasteiger partial charge in [-0.1, -0.05) is 17.8 Å². The van der Waals surface area contributed by atoms with E-state index in [1.54, 1.807) is 0 Å². The molecular formula is C17H14F2N2O3S3. The predicted octanol–water partition coefficient (Wildman–Crippen LogP) is 2.87. The van der Waals surface area contributed by atoms with Gasteiger partial charge in [0.15, 0.2) is 15.0 Å². The van der Waals surface area contributed by atoms with Gasteiger partial charge in [0.05, 0.1) is 29.7 Å². The van der Waals surface area contributed by atoms with E-state index in [0.29, 0.717) is 0 Å². The van der Waals surface area contributed by atoms with Crippen molar-refractivity contribution < 1.29 is 22.0 Å². The van der Waals surface area contributed by atoms with E-state index in [1.165, 1.54) is 22.3 Å². The van der Waals surface area contributed by atoms with Gasteiger partial charge in [-0.3, -0.25) is 4.79 Å². The van der Waals surface area contributed by atoms with E-state index in [9.17, 15) is 22.0 Å². The number of carbonyl (C=O) groups is 1. The zero-order chi connectivity index (χ0) is 19.2. The van der Waals surface area contributed by atoms with Crippen LogP contribution in [0.2, 0.25) is 0 Å². The minimum Gasteiger partial charge on any atom is -0.313 e. The number of amides is 1. The molecule has 0 unspecified atom stereocenters. The second kappa shape index (κ2) is 6.99. The van der Waals surface area contributed by atoms with E-state index in [-0.39, 0.29) is 34.0 Å². The molecule has 4 rings (SSSR count). The van der Waals surface area contributed by atoms with Crippen molar-refractivity contribution in [2.75, 3.05) is 16.4 Å². The van der Waals surface area contributed by atoms with E-state index in [4.69, 9.17) is 0 Å². The normalized spacial score (nSPS) is 25.1. The summed E-state index contributed by atoms with van der Waals surface area (Å²) in [6.45, 7) is 0. The molecule has 1 aromatic heterocycles. The lowest BCUT2D eigenvalue weighted by Gasteiger charge is -2.24. The Hall–Kier alpha value is -1.78. The highest BCUT2D eigenvalue weighted by atomic mass is 32.2. The quantitative estimate of drug-likeness (QED) is 0.752. The number of amidine groups is 1. The molecule has 10 heteroatoms. The molecular weight excluding hydrogens is 414 g/mol. The number of thioether (sulfide) groups is 1. The van der Waals surface area contributed by atoms with E-state index in [2.05, 4.69) is 4.99 Å². The van der Waals surface area contributed by atoms with Gasteiger partial charge in [0.1, 0.15) is 11.6 Å². The van der Waals surface area contributed by atoms with Gasteiger partial charge in [-0.05, 0) is 23.6 Å². The van der Waals surface area contributed by atoms with Crippen LogP contribution in [-0.4, -0.2) is 42.3 Å². The predicted molar refractivity (Wildman–Crippen MR) is 103 cm³/mol. The Labute approximate surface area is 163 Å². The molecule has 27 heavy (non-hydrogen) atoms. The summed E-state index contributed by atoms with van der Waals surface area (Å²) in [5, 5.41) is 1.77. The first kappa shape index (κ1) is 18.6. The van der Waals surface area contributed by atoms with Crippen LogP contribution in [0.1, 0.15) is 4.88 Å². The molecule has 1 amide bonds. The topological polar surface area (TPSA) is 66.8 Å². The van der Waals surface area contributed by atoms with Crippen LogP contribution in [0.15, 0.2) is 40.7 Å². The van der Waals surface area contributed by atoms with Crippen LogP contribution in [-0.2, 0) is 21.1 Å². The zero-order valence-electron chi connectivity index (χ0n) is 13.8. The van der Waals surface area contributed by atoms with Crippen molar-refractivity contribution in [2.45, 2.75) is 17.7 Å². The molecule has 2 atom stereocenters. The molecule has 1 aromatic carbocycles. The van der Waals surface area contributed by atoms with Gasteiger partial charge in [-0.25, -0.2) is 17.2 Å². The van der Waals surface area contributed by atoms with Gasteiger partial charge in [0.25, 0.3) is 5.91 Å². The largest absolute Gasteiger partial charge is 0.313 e. The molecule has 2 aliphatic heterocycles. The lowest BCUT2D eigenvalue weighted by molar-refractivity contribution is -0.117. The van der Waals surface area contributed by atoms with Gasteiger partial charge in [0.2, 0.25) is 0 Å². The van der Waals surface area contributed by atoms with Crippen LogP contribution in [0, 0.1) is 11.6 Å². The Morgan fingerprint density at radius 3 is 2.78 bits per heavy atom. The van der Waals surface area contributed by atoms with Gasteiger partial charge in [-0.15, -0.1) is 11.3 Å². The Bertz CT molecular complexity index is 1020. The standard InChI is InChI=1S/C17H14F2N2O3S3/c18-10-3-4-13(12(19)6-10)21-14-8-27(23,24)9-15(14)26-17(21)20-16(22)7-11-2-1-5-25-11/h1-6,14-15H,7-9H2/t14-,15-/m1/s1. The lowest BCUT2D eigenvalue weighted by Crippen LogP contribution is -2.38. The number of carbonyl (C=O) groups excluding carboxylic acids is 1. The molecule has 0 N–H and O–H groups in total. The number of sulfone groups is 1. The molecule has 0 spiro atoms. The molecule has 5 nitrogen and oxygen atoms in total. The van der Waals surface area contributed by atoms with Crippen molar-refractivity contribution in [3.63, 3.8) is 0 Å². The number of thiophene rings is 1. The summed E-state index contributed by atoms with van der Waals surface area (Å²) >= 11 is 2.59. The summed E-state index contributed by atoms with van der Waals surface area (Å²) in [7, 11) is -3.26. The maximum absolute atomic E-state index is 14.4. The summed E-state index contributed by atoms with van der Waals surface area (Å²) in [5.74, 6) is -2.15. The average Bonchev–Trinajstić information content (AvgIpc) is 3.23. The van der Waals surface area contributed by atoms with Crippen LogP contribution in [0.5, 0.6) is 0 Å². The molecule has 0 radical (unpaired) electrons. The van der Waals surface area contributed by atoms with Crippen LogP contribution in [0.25, 0.3) is 0 Å². The third-order valence-electron chi connectivity index (χ3n) is 4.36. The number of hydrogen-bond donors (Lipinski definition) is 0. The fourth-order valence-corrected chi connectivity index (χ4v) is 7.85. The zero-order valence-corrected chi connectivity index (χ0v) is 16.3. The van der Waals surface area contributed by atoms with Crippen LogP contribution < -0.4 is 4.90 Å². The Kier molecular flexibility index (Phi) is 4.81. The minimum atomic E-state index is -3.26. The van der Waals surface area contributed by atoms with E-state index < -0.39 is 33.4 Å². The Morgan fingerprint density at radius 2 is 2.07 bits per heavy atom. The SMILES string of the molecule is O=C(Cc1cccs1)N=C1S[C@@H]2CS(=O)(=O)C[C@H]2N1c1ccc(F)cc1F. The van der Waals surface area contributed by atoms with Gasteiger partial charge >= 0.3 is 0 Å². The van der Waals surface area contributed by atoms with Crippen molar-refractivity contribution in [2.24, 2.45) is 4.99 Å². The van der Waals surface area contributed by atoms with Crippen molar-refractivity contribution in [3.05, 3.63) is 52.2 Å². The third kappa shape index (κ3) is 3.78. The minimum absolute atomic E-state index is 0.0242. The Balaban J connectivity index is 1.69. The highest BCUT2D eigenvalue weighted by molar-refractivity contribution is 8.16. The highest BCUT2D eigenvalue weighted by Gasteiger charge is 2.50. The molecule has 2 aliphatic rings. The van der Waals surface area contributed by atoms with E-state index in [0.717, 1.165) is 28.8 Å². The summed E-state index contributed by atoms with van der Waals surface area (Å²) < 4.78 is 51.7. The number of aliphatic imine (C=N–C) groups is 1. The van der Waals surface area contributed by atoms with Gasteiger partial charge in [0, 0.05) is 16.2 Å². The summed E-state index contributed by atoms with van der Waals surface area (Å²) in [6.07, 6.45) is 0.120. The molecule has 2 saturated heterocycles. The van der Waals surface area contributed by atoms with E-state index in [1.807, 2.05) is 17.5 Å². The molecule has 2 aromatic rings. The number of halogens is 2. The Morgan fingerprint density at radius 1 is 1.26 bits per heavy atom. The molecule has 0 saturated carbocycles. The number of benzene rings is 1. The third-order valence-corrected chi connectivity index (χ3v) is 8.45. The first-order valence-electron chi connectivity index (χ1n) is 8.08. The number of hydrogen-bond acceptors (Lipinski definition) is 5. The monoisotopic (exact) mass is 428 g/mol. The van der Waals surface area contributed by atoms with Gasteiger partial charge in [-0.2, -0.15) is 4.99 Å². The highest BCUT2D eigenvalue weighted by Crippen LogP contribution is 2.41. The van der Waals surface area contributed by atoms with Gasteiger partial charge < -0.3 is 4.90 Å². The molecule has 142 valence electrons. The number of anilines is 1. The molecule has 0 aliphatic carbocycles. The number of nitrogens with zero attached hydrogens (tertiary/aromatic N) is 2. The molecule has 3 heterocycles. The van der Waals surface area contributed by atoms with Crippen molar-refractivity contribution >= 4 is 49.7 Å². The lowest BCUT2D eigenvalue weighted by atomic mass is 10.2. The average molecular weight is 429 g/mol. The van der Waals surface area contributed by atoms with Crippen LogP contribution >= 0.6 is 23.1 Å². The maximum atomic E-state index is 14.4. The number of rotatable bonds is 3. The second-order valence-electron chi connectivity index (χ2n) is 6.31. The van der Waals surface area contributed by atoms with Crippen molar-refractivity contribution in [1.82, 2.24) is 0 Å².